The molecule has 0 bridgehead atoms. The minimum atomic E-state index is -0.935. The molecular formula is C5H3N3O2. The summed E-state index contributed by atoms with van der Waals surface area (Å²) in [6.45, 7) is 0. The summed E-state index contributed by atoms with van der Waals surface area (Å²) in [6, 6.07) is 2.48. The molecule has 3 atom stereocenters. The van der Waals surface area contributed by atoms with Gasteiger partial charge in [-0.2, -0.15) is 10.5 Å². The molecule has 10 heavy (non-hydrogen) atoms. The summed E-state index contributed by atoms with van der Waals surface area (Å²) in [5.41, 5.74) is 0. The first kappa shape index (κ1) is 6.50. The number of rotatable bonds is 1. The Kier molecular flexibility index (Phi) is 1.27. The Morgan fingerprint density at radius 1 is 1.30 bits per heavy atom. The van der Waals surface area contributed by atoms with Gasteiger partial charge in [0, 0.05) is 4.92 Å². The average Bonchev–Trinajstić information content (AvgIpc) is 2.60. The highest BCUT2D eigenvalue weighted by Gasteiger charge is 2.62. The van der Waals surface area contributed by atoms with Crippen molar-refractivity contribution in [3.05, 3.63) is 10.1 Å². The van der Waals surface area contributed by atoms with E-state index in [4.69, 9.17) is 10.5 Å². The Bertz CT molecular complexity index is 229. The van der Waals surface area contributed by atoms with Crippen LogP contribution in [0.25, 0.3) is 0 Å². The molecule has 0 spiro atoms. The van der Waals surface area contributed by atoms with Crippen molar-refractivity contribution < 1.29 is 4.92 Å². The third-order valence-electron chi connectivity index (χ3n) is 1.52. The molecule has 1 unspecified atom stereocenters. The highest BCUT2D eigenvalue weighted by atomic mass is 16.6. The predicted molar refractivity (Wildman–Crippen MR) is 29.0 cm³/mol. The van der Waals surface area contributed by atoms with E-state index in [-0.39, 0.29) is 0 Å². The molecule has 0 aromatic carbocycles. The number of hydrogen-bond acceptors (Lipinski definition) is 4. The Hall–Kier alpha value is -1.62. The van der Waals surface area contributed by atoms with Crippen LogP contribution in [0.3, 0.4) is 0 Å². The Labute approximate surface area is 56.6 Å². The zero-order chi connectivity index (χ0) is 7.72. The van der Waals surface area contributed by atoms with Crippen molar-refractivity contribution in [1.82, 2.24) is 0 Å². The Morgan fingerprint density at radius 2 is 1.70 bits per heavy atom. The molecule has 0 aliphatic heterocycles. The summed E-state index contributed by atoms with van der Waals surface area (Å²) < 4.78 is 0. The first-order valence-corrected chi connectivity index (χ1v) is 2.65. The van der Waals surface area contributed by atoms with Gasteiger partial charge in [0.05, 0.1) is 12.1 Å². The molecule has 1 aliphatic rings. The summed E-state index contributed by atoms with van der Waals surface area (Å²) in [7, 11) is 0. The van der Waals surface area contributed by atoms with E-state index in [0.29, 0.717) is 0 Å². The average molecular weight is 137 g/mol. The quantitative estimate of drug-likeness (QED) is 0.373. The van der Waals surface area contributed by atoms with E-state index in [2.05, 4.69) is 0 Å². The minimum absolute atomic E-state index is 0.568. The van der Waals surface area contributed by atoms with Gasteiger partial charge in [0.15, 0.2) is 0 Å². The maximum atomic E-state index is 10.0. The number of nitro groups is 1. The molecule has 0 radical (unpaired) electrons. The summed E-state index contributed by atoms with van der Waals surface area (Å²) in [4.78, 5) is 9.44. The van der Waals surface area contributed by atoms with Gasteiger partial charge in [-0.1, -0.05) is 0 Å². The van der Waals surface area contributed by atoms with E-state index in [1.54, 1.807) is 12.1 Å². The molecule has 1 fully saturated rings. The van der Waals surface area contributed by atoms with Crippen LogP contribution in [0, 0.1) is 44.6 Å². The molecule has 1 rings (SSSR count). The highest BCUT2D eigenvalue weighted by molar-refractivity contribution is 5.18. The molecule has 0 saturated heterocycles. The topological polar surface area (TPSA) is 90.7 Å². The summed E-state index contributed by atoms with van der Waals surface area (Å²) >= 11 is 0. The van der Waals surface area contributed by atoms with Crippen molar-refractivity contribution in [2.45, 2.75) is 6.04 Å². The maximum absolute atomic E-state index is 10.0. The van der Waals surface area contributed by atoms with Crippen molar-refractivity contribution in [1.29, 1.82) is 10.5 Å². The zero-order valence-electron chi connectivity index (χ0n) is 4.89. The third-order valence-corrected chi connectivity index (χ3v) is 1.52. The van der Waals surface area contributed by atoms with Gasteiger partial charge in [-0.05, 0) is 0 Å². The van der Waals surface area contributed by atoms with Crippen LogP contribution in [0.15, 0.2) is 0 Å². The maximum Gasteiger partial charge on any atom is 0.247 e. The molecule has 0 amide bonds. The zero-order valence-corrected chi connectivity index (χ0v) is 4.89. The lowest BCUT2D eigenvalue weighted by atomic mass is 10.4. The van der Waals surface area contributed by atoms with E-state index >= 15 is 0 Å². The van der Waals surface area contributed by atoms with Crippen LogP contribution in [-0.2, 0) is 0 Å². The van der Waals surface area contributed by atoms with Crippen molar-refractivity contribution in [3.63, 3.8) is 0 Å². The lowest BCUT2D eigenvalue weighted by Gasteiger charge is -1.80. The standard InChI is InChI=1S/C5H3N3O2/c6-1-3-4(2-7)5(3)8(9)10/h3-5H/t3-,4+,5?. The van der Waals surface area contributed by atoms with Crippen LogP contribution in [-0.4, -0.2) is 11.0 Å². The monoisotopic (exact) mass is 137 g/mol. The van der Waals surface area contributed by atoms with Gasteiger partial charge in [0.25, 0.3) is 0 Å². The largest absolute Gasteiger partial charge is 0.264 e. The fourth-order valence-electron chi connectivity index (χ4n) is 0.871. The van der Waals surface area contributed by atoms with E-state index < -0.39 is 22.8 Å². The molecule has 5 heteroatoms. The van der Waals surface area contributed by atoms with Crippen LogP contribution in [0.2, 0.25) is 0 Å². The number of nitriles is 2. The SMILES string of the molecule is N#C[C@@H]1C([N+](=O)[O-])[C@@H]1C#N. The van der Waals surface area contributed by atoms with Crippen molar-refractivity contribution in [3.8, 4) is 12.1 Å². The summed E-state index contributed by atoms with van der Waals surface area (Å²) in [5.74, 6) is -1.36. The number of hydrogen-bond donors (Lipinski definition) is 0. The van der Waals surface area contributed by atoms with Crippen molar-refractivity contribution >= 4 is 0 Å². The fourth-order valence-corrected chi connectivity index (χ4v) is 0.871. The molecule has 0 N–H and O–H groups in total. The Morgan fingerprint density at radius 3 is 1.80 bits per heavy atom. The smallest absolute Gasteiger partial charge is 0.247 e. The molecule has 1 saturated carbocycles. The van der Waals surface area contributed by atoms with E-state index in [0.717, 1.165) is 0 Å². The molecule has 0 aromatic rings. The van der Waals surface area contributed by atoms with E-state index in [1.807, 2.05) is 0 Å². The van der Waals surface area contributed by atoms with Gasteiger partial charge in [-0.3, -0.25) is 10.1 Å². The normalized spacial score (nSPS) is 35.6. The van der Waals surface area contributed by atoms with Crippen LogP contribution in [0.4, 0.5) is 0 Å². The van der Waals surface area contributed by atoms with Crippen LogP contribution >= 0.6 is 0 Å². The van der Waals surface area contributed by atoms with E-state index in [9.17, 15) is 10.1 Å². The second-order valence-corrected chi connectivity index (χ2v) is 2.09. The lowest BCUT2D eigenvalue weighted by molar-refractivity contribution is -0.499. The predicted octanol–water partition coefficient (Wildman–Crippen LogP) is -0.0751. The van der Waals surface area contributed by atoms with Gasteiger partial charge >= 0.3 is 0 Å². The molecule has 0 heterocycles. The molecule has 5 nitrogen and oxygen atoms in total. The Balaban J connectivity index is 2.65. The van der Waals surface area contributed by atoms with Gasteiger partial charge in [0.2, 0.25) is 6.04 Å². The molecule has 50 valence electrons. The third kappa shape index (κ3) is 0.688. The first-order valence-electron chi connectivity index (χ1n) is 2.65. The number of nitrogens with zero attached hydrogens (tertiary/aromatic N) is 3. The van der Waals surface area contributed by atoms with Gasteiger partial charge < -0.3 is 0 Å². The second kappa shape index (κ2) is 1.96. The van der Waals surface area contributed by atoms with Gasteiger partial charge in [-0.15, -0.1) is 0 Å². The second-order valence-electron chi connectivity index (χ2n) is 2.09. The molecule has 1 aliphatic carbocycles. The van der Waals surface area contributed by atoms with Gasteiger partial charge in [-0.25, -0.2) is 0 Å². The summed E-state index contributed by atoms with van der Waals surface area (Å²) in [6.07, 6.45) is 0. The molecular weight excluding hydrogens is 134 g/mol. The van der Waals surface area contributed by atoms with Crippen LogP contribution in [0.5, 0.6) is 0 Å². The fraction of sp³-hybridized carbons (Fsp3) is 0.600. The van der Waals surface area contributed by atoms with Crippen molar-refractivity contribution in [2.24, 2.45) is 11.8 Å². The lowest BCUT2D eigenvalue weighted by Crippen LogP contribution is -2.03. The summed E-state index contributed by atoms with van der Waals surface area (Å²) in [5, 5.41) is 26.4. The molecule has 0 aromatic heterocycles. The van der Waals surface area contributed by atoms with Gasteiger partial charge in [0.1, 0.15) is 11.8 Å². The highest BCUT2D eigenvalue weighted by Crippen LogP contribution is 2.39. The van der Waals surface area contributed by atoms with Crippen LogP contribution < -0.4 is 0 Å². The van der Waals surface area contributed by atoms with Crippen LogP contribution in [0.1, 0.15) is 0 Å². The van der Waals surface area contributed by atoms with E-state index in [1.165, 1.54) is 0 Å². The van der Waals surface area contributed by atoms with Crippen molar-refractivity contribution in [2.75, 3.05) is 0 Å². The first-order chi connectivity index (χ1) is 4.72. The minimum Gasteiger partial charge on any atom is -0.264 e.